The SMILES string of the molecule is CC(=O)OCC(=O)N1CCN(c2ccc(N3C[C@H](CNC(=S)OC(C)C)OC3=O)cc2F)CC1. The normalized spacial score (nSPS) is 18.1. The highest BCUT2D eigenvalue weighted by Crippen LogP contribution is 2.28. The van der Waals surface area contributed by atoms with Crippen molar-refractivity contribution in [2.75, 3.05) is 55.7 Å². The molecule has 2 fully saturated rings. The molecule has 10 nitrogen and oxygen atoms in total. The average Bonchev–Trinajstić information content (AvgIpc) is 3.16. The minimum atomic E-state index is -0.561. The third kappa shape index (κ3) is 6.69. The minimum absolute atomic E-state index is 0.0617. The second-order valence-electron chi connectivity index (χ2n) is 8.24. The number of carbonyl (C=O) groups excluding carboxylic acids is 3. The molecule has 0 spiro atoms. The lowest BCUT2D eigenvalue weighted by atomic mass is 10.2. The molecule has 0 bridgehead atoms. The number of amides is 2. The number of halogens is 1. The smallest absolute Gasteiger partial charge is 0.414 e. The first-order valence-corrected chi connectivity index (χ1v) is 11.4. The standard InChI is InChI=1S/C22H29FN4O6S/c1-14(2)32-21(34)24-11-17-12-27(22(30)33-17)16-4-5-19(18(23)10-16)25-6-8-26(9-7-25)20(29)13-31-15(3)28/h4-5,10,14,17H,6-9,11-13H2,1-3H3,(H,24,34)/t17-/m0/s1. The van der Waals surface area contributed by atoms with Gasteiger partial charge in [-0.3, -0.25) is 14.5 Å². The Kier molecular flexibility index (Phi) is 8.48. The first kappa shape index (κ1) is 25.5. The first-order chi connectivity index (χ1) is 16.1. The number of carbonyl (C=O) groups is 3. The summed E-state index contributed by atoms with van der Waals surface area (Å²) < 4.78 is 30.4. The molecule has 2 aliphatic rings. The van der Waals surface area contributed by atoms with Gasteiger partial charge in [0, 0.05) is 33.1 Å². The number of benzene rings is 1. The van der Waals surface area contributed by atoms with Crippen molar-refractivity contribution in [1.82, 2.24) is 10.2 Å². The number of hydrogen-bond acceptors (Lipinski definition) is 8. The van der Waals surface area contributed by atoms with Crippen LogP contribution < -0.4 is 15.1 Å². The van der Waals surface area contributed by atoms with Crippen molar-refractivity contribution in [3.63, 3.8) is 0 Å². The number of thiocarbonyl (C=S) groups is 1. The fraction of sp³-hybridized carbons (Fsp3) is 0.545. The Morgan fingerprint density at radius 2 is 1.97 bits per heavy atom. The molecule has 1 aromatic rings. The monoisotopic (exact) mass is 496 g/mol. The molecule has 0 aromatic heterocycles. The summed E-state index contributed by atoms with van der Waals surface area (Å²) in [7, 11) is 0. The number of nitrogens with zero attached hydrogens (tertiary/aromatic N) is 3. The number of piperazine rings is 1. The van der Waals surface area contributed by atoms with Crippen LogP contribution in [0, 0.1) is 5.82 Å². The van der Waals surface area contributed by atoms with Crippen LogP contribution in [0.2, 0.25) is 0 Å². The van der Waals surface area contributed by atoms with E-state index in [0.29, 0.717) is 37.6 Å². The van der Waals surface area contributed by atoms with Gasteiger partial charge in [-0.15, -0.1) is 0 Å². The van der Waals surface area contributed by atoms with Gasteiger partial charge in [-0.25, -0.2) is 9.18 Å². The van der Waals surface area contributed by atoms with Crippen LogP contribution in [0.4, 0.5) is 20.6 Å². The fourth-order valence-electron chi connectivity index (χ4n) is 3.66. The average molecular weight is 497 g/mol. The predicted octanol–water partition coefficient (Wildman–Crippen LogP) is 1.66. The molecule has 12 heteroatoms. The Labute approximate surface area is 202 Å². The third-order valence-electron chi connectivity index (χ3n) is 5.31. The molecule has 1 N–H and O–H groups in total. The van der Waals surface area contributed by atoms with Gasteiger partial charge in [-0.2, -0.15) is 0 Å². The van der Waals surface area contributed by atoms with E-state index in [0.717, 1.165) is 0 Å². The summed E-state index contributed by atoms with van der Waals surface area (Å²) in [6, 6.07) is 4.59. The lowest BCUT2D eigenvalue weighted by molar-refractivity contribution is -0.150. The van der Waals surface area contributed by atoms with Gasteiger partial charge in [0.15, 0.2) is 6.61 Å². The number of nitrogens with one attached hydrogen (secondary N) is 1. The molecular weight excluding hydrogens is 467 g/mol. The van der Waals surface area contributed by atoms with Crippen molar-refractivity contribution in [3.8, 4) is 0 Å². The number of rotatable bonds is 7. The zero-order valence-electron chi connectivity index (χ0n) is 19.4. The maximum absolute atomic E-state index is 14.9. The van der Waals surface area contributed by atoms with Gasteiger partial charge in [-0.1, -0.05) is 0 Å². The summed E-state index contributed by atoms with van der Waals surface area (Å²) in [5, 5.41) is 3.14. The van der Waals surface area contributed by atoms with Crippen LogP contribution in [0.25, 0.3) is 0 Å². The van der Waals surface area contributed by atoms with Gasteiger partial charge in [0.05, 0.1) is 30.6 Å². The van der Waals surface area contributed by atoms with Gasteiger partial charge < -0.3 is 29.3 Å². The number of ether oxygens (including phenoxy) is 3. The van der Waals surface area contributed by atoms with Crippen molar-refractivity contribution < 1.29 is 33.0 Å². The highest BCUT2D eigenvalue weighted by Gasteiger charge is 2.33. The van der Waals surface area contributed by atoms with Gasteiger partial charge >= 0.3 is 12.1 Å². The number of anilines is 2. The molecule has 2 saturated heterocycles. The van der Waals surface area contributed by atoms with Crippen LogP contribution in [0.5, 0.6) is 0 Å². The van der Waals surface area contributed by atoms with Crippen LogP contribution >= 0.6 is 12.2 Å². The van der Waals surface area contributed by atoms with Gasteiger partial charge in [0.25, 0.3) is 11.1 Å². The van der Waals surface area contributed by atoms with Crippen molar-refractivity contribution in [2.45, 2.75) is 33.0 Å². The van der Waals surface area contributed by atoms with Crippen LogP contribution in [0.3, 0.4) is 0 Å². The third-order valence-corrected chi connectivity index (χ3v) is 5.55. The lowest BCUT2D eigenvalue weighted by Gasteiger charge is -2.36. The quantitative estimate of drug-likeness (QED) is 0.446. The van der Waals surface area contributed by atoms with E-state index in [2.05, 4.69) is 5.32 Å². The second kappa shape index (κ2) is 11.3. The van der Waals surface area contributed by atoms with Crippen LogP contribution in [0.15, 0.2) is 18.2 Å². The fourth-order valence-corrected chi connectivity index (χ4v) is 3.94. The molecule has 186 valence electrons. The maximum atomic E-state index is 14.9. The Bertz CT molecular complexity index is 938. The second-order valence-corrected chi connectivity index (χ2v) is 8.61. The zero-order valence-corrected chi connectivity index (χ0v) is 20.2. The molecule has 0 saturated carbocycles. The van der Waals surface area contributed by atoms with Gasteiger partial charge in [0.1, 0.15) is 11.9 Å². The van der Waals surface area contributed by atoms with Crippen LogP contribution in [-0.4, -0.2) is 86.1 Å². The Morgan fingerprint density at radius 3 is 2.59 bits per heavy atom. The molecule has 2 heterocycles. The molecular formula is C22H29FN4O6S. The minimum Gasteiger partial charge on any atom is -0.468 e. The van der Waals surface area contributed by atoms with Crippen molar-refractivity contribution in [3.05, 3.63) is 24.0 Å². The van der Waals surface area contributed by atoms with Gasteiger partial charge in [0.2, 0.25) is 0 Å². The predicted molar refractivity (Wildman–Crippen MR) is 126 cm³/mol. The summed E-state index contributed by atoms with van der Waals surface area (Å²) in [5.41, 5.74) is 0.780. The summed E-state index contributed by atoms with van der Waals surface area (Å²) in [6.45, 7) is 6.83. The summed E-state index contributed by atoms with van der Waals surface area (Å²) >= 11 is 5.07. The topological polar surface area (TPSA) is 101 Å². The number of hydrogen-bond donors (Lipinski definition) is 1. The van der Waals surface area contributed by atoms with E-state index in [1.807, 2.05) is 18.7 Å². The maximum Gasteiger partial charge on any atom is 0.414 e. The molecule has 0 unspecified atom stereocenters. The number of esters is 1. The molecule has 2 amide bonds. The van der Waals surface area contributed by atoms with E-state index < -0.39 is 24.0 Å². The van der Waals surface area contributed by atoms with Crippen LogP contribution in [-0.2, 0) is 23.8 Å². The highest BCUT2D eigenvalue weighted by atomic mass is 32.1. The Balaban J connectivity index is 1.54. The van der Waals surface area contributed by atoms with Crippen LogP contribution in [0.1, 0.15) is 20.8 Å². The Hall–Kier alpha value is -3.15. The van der Waals surface area contributed by atoms with Crippen molar-refractivity contribution >= 4 is 46.7 Å². The van der Waals surface area contributed by atoms with E-state index >= 15 is 0 Å². The Morgan fingerprint density at radius 1 is 1.26 bits per heavy atom. The lowest BCUT2D eigenvalue weighted by Crippen LogP contribution is -2.50. The van der Waals surface area contributed by atoms with Crippen molar-refractivity contribution in [1.29, 1.82) is 0 Å². The summed E-state index contributed by atoms with van der Waals surface area (Å²) in [4.78, 5) is 40.1. The zero-order chi connectivity index (χ0) is 24.8. The molecule has 1 atom stereocenters. The summed E-state index contributed by atoms with van der Waals surface area (Å²) in [6.07, 6.45) is -1.08. The molecule has 0 aliphatic carbocycles. The highest BCUT2D eigenvalue weighted by molar-refractivity contribution is 7.80. The molecule has 3 rings (SSSR count). The summed E-state index contributed by atoms with van der Waals surface area (Å²) in [5.74, 6) is -1.26. The van der Waals surface area contributed by atoms with Gasteiger partial charge in [-0.05, 0) is 44.3 Å². The van der Waals surface area contributed by atoms with Crippen molar-refractivity contribution in [2.24, 2.45) is 0 Å². The van der Waals surface area contributed by atoms with E-state index in [9.17, 15) is 18.8 Å². The largest absolute Gasteiger partial charge is 0.468 e. The molecule has 1 aromatic carbocycles. The van der Waals surface area contributed by atoms with E-state index in [-0.39, 0.29) is 36.9 Å². The van der Waals surface area contributed by atoms with E-state index in [4.69, 9.17) is 26.4 Å². The molecule has 0 radical (unpaired) electrons. The first-order valence-electron chi connectivity index (χ1n) is 11.0. The van der Waals surface area contributed by atoms with E-state index in [1.165, 1.54) is 17.9 Å². The number of cyclic esters (lactones) is 1. The van der Waals surface area contributed by atoms with E-state index in [1.54, 1.807) is 17.0 Å². The molecule has 34 heavy (non-hydrogen) atoms. The molecule has 2 aliphatic heterocycles.